The fourth-order valence-corrected chi connectivity index (χ4v) is 3.63. The number of ether oxygens (including phenoxy) is 1. The molecule has 0 amide bonds. The van der Waals surface area contributed by atoms with Crippen molar-refractivity contribution in [3.05, 3.63) is 71.3 Å². The maximum atomic E-state index is 13.2. The molecule has 170 valence electrons. The van der Waals surface area contributed by atoms with Gasteiger partial charge in [0.15, 0.2) is 0 Å². The van der Waals surface area contributed by atoms with Crippen LogP contribution in [0.2, 0.25) is 0 Å². The van der Waals surface area contributed by atoms with E-state index in [0.717, 1.165) is 34.6 Å². The molecule has 0 saturated heterocycles. The second kappa shape index (κ2) is 8.27. The van der Waals surface area contributed by atoms with Crippen LogP contribution in [0.15, 0.2) is 54.6 Å². The van der Waals surface area contributed by atoms with E-state index >= 15 is 0 Å². The molecule has 0 spiro atoms. The average Bonchev–Trinajstić information content (AvgIpc) is 2.71. The number of alkyl halides is 3. The highest BCUT2D eigenvalue weighted by Gasteiger charge is 2.31. The Morgan fingerprint density at radius 3 is 1.91 bits per heavy atom. The van der Waals surface area contributed by atoms with Gasteiger partial charge >= 0.3 is 6.18 Å². The monoisotopic (exact) mass is 441 g/mol. The van der Waals surface area contributed by atoms with Gasteiger partial charge in [0, 0.05) is 16.7 Å². The Morgan fingerprint density at radius 1 is 0.719 bits per heavy atom. The SMILES string of the molecule is COc1c(-c2cccc(-c3cccc(C(F)(F)F)c3)n2)cc(C(C)(C)C)cc1C(C)(C)C. The van der Waals surface area contributed by atoms with Gasteiger partial charge in [-0.2, -0.15) is 13.2 Å². The number of hydrogen-bond donors (Lipinski definition) is 0. The average molecular weight is 442 g/mol. The Balaban J connectivity index is 2.23. The zero-order valence-electron chi connectivity index (χ0n) is 19.7. The largest absolute Gasteiger partial charge is 0.496 e. The smallest absolute Gasteiger partial charge is 0.416 e. The van der Waals surface area contributed by atoms with E-state index in [2.05, 4.69) is 53.7 Å². The lowest BCUT2D eigenvalue weighted by Gasteiger charge is -2.28. The van der Waals surface area contributed by atoms with Crippen LogP contribution in [0.4, 0.5) is 13.2 Å². The summed E-state index contributed by atoms with van der Waals surface area (Å²) in [5.41, 5.74) is 3.65. The van der Waals surface area contributed by atoms with Gasteiger partial charge in [0.2, 0.25) is 0 Å². The molecule has 0 aliphatic carbocycles. The number of methoxy groups -OCH3 is 1. The summed E-state index contributed by atoms with van der Waals surface area (Å²) in [5.74, 6) is 0.735. The van der Waals surface area contributed by atoms with Gasteiger partial charge in [-0.1, -0.05) is 65.8 Å². The fourth-order valence-electron chi connectivity index (χ4n) is 3.63. The van der Waals surface area contributed by atoms with E-state index in [1.807, 2.05) is 12.1 Å². The highest BCUT2D eigenvalue weighted by molar-refractivity contribution is 5.74. The standard InChI is InChI=1S/C27H30F3NO/c1-25(2,3)19-15-20(24(32-7)21(16-19)26(4,5)6)23-13-9-12-22(31-23)17-10-8-11-18(14-17)27(28,29)30/h8-16H,1-7H3. The highest BCUT2D eigenvalue weighted by Crippen LogP contribution is 2.42. The lowest BCUT2D eigenvalue weighted by Crippen LogP contribution is -2.18. The summed E-state index contributed by atoms with van der Waals surface area (Å²) in [6, 6.07) is 14.9. The molecule has 0 N–H and O–H groups in total. The Morgan fingerprint density at radius 2 is 1.34 bits per heavy atom. The van der Waals surface area contributed by atoms with E-state index in [1.165, 1.54) is 6.07 Å². The minimum atomic E-state index is -4.40. The van der Waals surface area contributed by atoms with Gasteiger partial charge in [-0.05, 0) is 46.7 Å². The predicted octanol–water partition coefficient (Wildman–Crippen LogP) is 8.04. The first-order valence-corrected chi connectivity index (χ1v) is 10.6. The van der Waals surface area contributed by atoms with Crippen LogP contribution in [0.25, 0.3) is 22.5 Å². The van der Waals surface area contributed by atoms with Gasteiger partial charge in [0.1, 0.15) is 5.75 Å². The second-order valence-electron chi connectivity index (χ2n) is 10.1. The van der Waals surface area contributed by atoms with Crippen LogP contribution in [-0.2, 0) is 17.0 Å². The van der Waals surface area contributed by atoms with E-state index in [1.54, 1.807) is 19.2 Å². The van der Waals surface area contributed by atoms with E-state index in [4.69, 9.17) is 9.72 Å². The zero-order valence-corrected chi connectivity index (χ0v) is 19.7. The van der Waals surface area contributed by atoms with Crippen molar-refractivity contribution < 1.29 is 17.9 Å². The molecular weight excluding hydrogens is 411 g/mol. The minimum Gasteiger partial charge on any atom is -0.496 e. The summed E-state index contributed by atoms with van der Waals surface area (Å²) in [6.07, 6.45) is -4.40. The third kappa shape index (κ3) is 4.98. The van der Waals surface area contributed by atoms with Crippen LogP contribution in [0, 0.1) is 0 Å². The number of benzene rings is 2. The van der Waals surface area contributed by atoms with Crippen molar-refractivity contribution in [2.45, 2.75) is 58.5 Å². The zero-order chi connectivity index (χ0) is 23.9. The lowest BCUT2D eigenvalue weighted by atomic mass is 9.78. The fraction of sp³-hybridized carbons (Fsp3) is 0.370. The van der Waals surface area contributed by atoms with E-state index < -0.39 is 11.7 Å². The molecule has 3 aromatic rings. The van der Waals surface area contributed by atoms with Crippen molar-refractivity contribution in [2.75, 3.05) is 7.11 Å². The number of rotatable bonds is 3. The first-order valence-electron chi connectivity index (χ1n) is 10.6. The first-order chi connectivity index (χ1) is 14.7. The molecular formula is C27H30F3NO. The number of aromatic nitrogens is 1. The first kappa shape index (κ1) is 23.8. The molecule has 0 saturated carbocycles. The molecule has 1 heterocycles. The maximum Gasteiger partial charge on any atom is 0.416 e. The summed E-state index contributed by atoms with van der Waals surface area (Å²) in [7, 11) is 1.64. The number of halogens is 3. The van der Waals surface area contributed by atoms with Gasteiger partial charge in [-0.15, -0.1) is 0 Å². The highest BCUT2D eigenvalue weighted by atomic mass is 19.4. The Bertz CT molecular complexity index is 1120. The van der Waals surface area contributed by atoms with Gasteiger partial charge in [0.05, 0.1) is 24.1 Å². The minimum absolute atomic E-state index is 0.0975. The van der Waals surface area contributed by atoms with E-state index in [-0.39, 0.29) is 10.8 Å². The van der Waals surface area contributed by atoms with Crippen LogP contribution in [-0.4, -0.2) is 12.1 Å². The van der Waals surface area contributed by atoms with Crippen LogP contribution < -0.4 is 4.74 Å². The van der Waals surface area contributed by atoms with E-state index in [9.17, 15) is 13.2 Å². The summed E-state index contributed by atoms with van der Waals surface area (Å²) >= 11 is 0. The van der Waals surface area contributed by atoms with Gasteiger partial charge in [-0.25, -0.2) is 4.98 Å². The third-order valence-electron chi connectivity index (χ3n) is 5.48. The molecule has 32 heavy (non-hydrogen) atoms. The van der Waals surface area contributed by atoms with Crippen LogP contribution in [0.3, 0.4) is 0 Å². The van der Waals surface area contributed by atoms with Crippen LogP contribution in [0.1, 0.15) is 58.2 Å². The summed E-state index contributed by atoms with van der Waals surface area (Å²) in [6.45, 7) is 12.8. The molecule has 0 unspecified atom stereocenters. The third-order valence-corrected chi connectivity index (χ3v) is 5.48. The number of nitrogens with zero attached hydrogens (tertiary/aromatic N) is 1. The molecule has 2 aromatic carbocycles. The summed E-state index contributed by atoms with van der Waals surface area (Å²) in [4.78, 5) is 4.74. The van der Waals surface area contributed by atoms with Gasteiger partial charge in [-0.3, -0.25) is 0 Å². The normalized spacial score (nSPS) is 12.7. The topological polar surface area (TPSA) is 22.1 Å². The molecule has 0 aliphatic rings. The van der Waals surface area contributed by atoms with Crippen molar-refractivity contribution in [1.82, 2.24) is 4.98 Å². The molecule has 0 fully saturated rings. The van der Waals surface area contributed by atoms with Crippen molar-refractivity contribution in [3.63, 3.8) is 0 Å². The molecule has 1 aromatic heterocycles. The van der Waals surface area contributed by atoms with Crippen LogP contribution in [0.5, 0.6) is 5.75 Å². The number of pyridine rings is 1. The van der Waals surface area contributed by atoms with Crippen molar-refractivity contribution >= 4 is 0 Å². The Kier molecular flexibility index (Phi) is 6.16. The molecule has 0 aliphatic heterocycles. The number of hydrogen-bond acceptors (Lipinski definition) is 2. The van der Waals surface area contributed by atoms with Crippen molar-refractivity contribution in [1.29, 1.82) is 0 Å². The summed E-state index contributed by atoms with van der Waals surface area (Å²) < 4.78 is 45.5. The maximum absolute atomic E-state index is 13.2. The van der Waals surface area contributed by atoms with Crippen molar-refractivity contribution in [2.24, 2.45) is 0 Å². The summed E-state index contributed by atoms with van der Waals surface area (Å²) in [5, 5.41) is 0. The Labute approximate surface area is 188 Å². The molecule has 2 nitrogen and oxygen atoms in total. The molecule has 0 radical (unpaired) electrons. The van der Waals surface area contributed by atoms with Gasteiger partial charge in [0.25, 0.3) is 0 Å². The molecule has 0 atom stereocenters. The lowest BCUT2D eigenvalue weighted by molar-refractivity contribution is -0.137. The van der Waals surface area contributed by atoms with Gasteiger partial charge < -0.3 is 4.74 Å². The predicted molar refractivity (Wildman–Crippen MR) is 124 cm³/mol. The van der Waals surface area contributed by atoms with Crippen LogP contribution >= 0.6 is 0 Å². The van der Waals surface area contributed by atoms with E-state index in [0.29, 0.717) is 17.0 Å². The second-order valence-corrected chi connectivity index (χ2v) is 10.1. The Hall–Kier alpha value is -2.82. The molecule has 0 bridgehead atoms. The van der Waals surface area contributed by atoms with Crippen molar-refractivity contribution in [3.8, 4) is 28.3 Å². The quantitative estimate of drug-likeness (QED) is 0.410. The molecule has 5 heteroatoms. The molecule has 3 rings (SSSR count).